The van der Waals surface area contributed by atoms with Crippen molar-refractivity contribution in [2.45, 2.75) is 46.7 Å². The molecule has 0 saturated carbocycles. The van der Waals surface area contributed by atoms with Gasteiger partial charge in [-0.15, -0.1) is 0 Å². The summed E-state index contributed by atoms with van der Waals surface area (Å²) in [6.45, 7) is 9.65. The Morgan fingerprint density at radius 3 is 2.16 bits per heavy atom. The molecule has 108 valence electrons. The van der Waals surface area contributed by atoms with Gasteiger partial charge in [0.05, 0.1) is 0 Å². The Labute approximate surface area is 114 Å². The molecule has 19 heavy (non-hydrogen) atoms. The van der Waals surface area contributed by atoms with Gasteiger partial charge in [0, 0.05) is 25.7 Å². The summed E-state index contributed by atoms with van der Waals surface area (Å²) in [5, 5.41) is 3.16. The maximum absolute atomic E-state index is 14.1. The highest BCUT2D eigenvalue weighted by molar-refractivity contribution is 5.50. The zero-order chi connectivity index (χ0) is 14.4. The Hall–Kier alpha value is -1.16. The van der Waals surface area contributed by atoms with Crippen molar-refractivity contribution in [3.05, 3.63) is 29.3 Å². The van der Waals surface area contributed by atoms with Crippen LogP contribution >= 0.6 is 0 Å². The molecule has 4 heteroatoms. The lowest BCUT2D eigenvalue weighted by molar-refractivity contribution is 0.554. The average Bonchev–Trinajstić information content (AvgIpc) is 2.34. The van der Waals surface area contributed by atoms with Gasteiger partial charge in [0.15, 0.2) is 0 Å². The van der Waals surface area contributed by atoms with Crippen LogP contribution in [-0.4, -0.2) is 19.1 Å². The molecule has 0 aliphatic carbocycles. The van der Waals surface area contributed by atoms with Crippen LogP contribution in [0.5, 0.6) is 0 Å². The van der Waals surface area contributed by atoms with Gasteiger partial charge in [-0.2, -0.15) is 0 Å². The minimum absolute atomic E-state index is 0.0950. The fourth-order valence-corrected chi connectivity index (χ4v) is 2.04. The molecule has 0 heterocycles. The minimum Gasteiger partial charge on any atom is -0.367 e. The average molecular weight is 270 g/mol. The summed E-state index contributed by atoms with van der Waals surface area (Å²) in [5.41, 5.74) is 0.734. The van der Waals surface area contributed by atoms with Gasteiger partial charge in [-0.05, 0) is 31.0 Å². The van der Waals surface area contributed by atoms with Crippen molar-refractivity contribution in [3.8, 4) is 0 Å². The number of hydrogen-bond acceptors (Lipinski definition) is 2. The van der Waals surface area contributed by atoms with Crippen molar-refractivity contribution < 1.29 is 8.78 Å². The Morgan fingerprint density at radius 1 is 1.16 bits per heavy atom. The van der Waals surface area contributed by atoms with E-state index in [-0.39, 0.29) is 11.7 Å². The largest absolute Gasteiger partial charge is 0.367 e. The molecule has 0 unspecified atom stereocenters. The summed E-state index contributed by atoms with van der Waals surface area (Å²) in [4.78, 5) is 1.74. The molecule has 0 aliphatic heterocycles. The van der Waals surface area contributed by atoms with Crippen LogP contribution in [0.2, 0.25) is 0 Å². The van der Waals surface area contributed by atoms with E-state index in [2.05, 4.69) is 5.32 Å². The van der Waals surface area contributed by atoms with Crippen molar-refractivity contribution >= 4 is 5.69 Å². The van der Waals surface area contributed by atoms with Crippen LogP contribution in [0.1, 0.15) is 39.7 Å². The number of anilines is 1. The molecular weight excluding hydrogens is 246 g/mol. The second-order valence-corrected chi connectivity index (χ2v) is 5.02. The van der Waals surface area contributed by atoms with Crippen LogP contribution in [0.4, 0.5) is 14.5 Å². The summed E-state index contributed by atoms with van der Waals surface area (Å²) in [6.07, 6.45) is 0.864. The van der Waals surface area contributed by atoms with Crippen LogP contribution in [-0.2, 0) is 6.54 Å². The van der Waals surface area contributed by atoms with Gasteiger partial charge in [-0.25, -0.2) is 8.78 Å². The first-order valence-electron chi connectivity index (χ1n) is 6.95. The van der Waals surface area contributed by atoms with E-state index in [1.54, 1.807) is 4.90 Å². The maximum atomic E-state index is 14.1. The lowest BCUT2D eigenvalue weighted by atomic mass is 10.1. The van der Waals surface area contributed by atoms with E-state index in [9.17, 15) is 8.78 Å². The molecule has 1 aromatic carbocycles. The van der Waals surface area contributed by atoms with Crippen molar-refractivity contribution in [1.82, 2.24) is 5.32 Å². The van der Waals surface area contributed by atoms with Gasteiger partial charge < -0.3 is 10.2 Å². The fourth-order valence-electron chi connectivity index (χ4n) is 2.04. The first kappa shape index (κ1) is 15.9. The summed E-state index contributed by atoms with van der Waals surface area (Å²) in [6, 6.07) is 3.14. The maximum Gasteiger partial charge on any atom is 0.149 e. The van der Waals surface area contributed by atoms with Crippen LogP contribution in [0.3, 0.4) is 0 Å². The van der Waals surface area contributed by atoms with E-state index in [1.807, 2.05) is 27.7 Å². The SMILES string of the molecule is CCCN(CC)c1c(F)cc(CNC(C)C)cc1F. The molecule has 0 saturated heterocycles. The second kappa shape index (κ2) is 7.43. The number of hydrogen-bond donors (Lipinski definition) is 1. The van der Waals surface area contributed by atoms with E-state index in [1.165, 1.54) is 12.1 Å². The second-order valence-electron chi connectivity index (χ2n) is 5.02. The molecule has 0 amide bonds. The number of nitrogens with zero attached hydrogens (tertiary/aromatic N) is 1. The van der Waals surface area contributed by atoms with Crippen LogP contribution < -0.4 is 10.2 Å². The van der Waals surface area contributed by atoms with E-state index in [0.29, 0.717) is 25.2 Å². The van der Waals surface area contributed by atoms with Gasteiger partial charge in [-0.1, -0.05) is 20.8 Å². The molecule has 2 nitrogen and oxygen atoms in total. The molecule has 1 N–H and O–H groups in total. The number of benzene rings is 1. The van der Waals surface area contributed by atoms with Crippen LogP contribution in [0.25, 0.3) is 0 Å². The normalized spacial score (nSPS) is 11.1. The molecule has 0 bridgehead atoms. The first-order chi connectivity index (χ1) is 8.99. The lowest BCUT2D eigenvalue weighted by Crippen LogP contribution is -2.26. The van der Waals surface area contributed by atoms with E-state index in [0.717, 1.165) is 6.42 Å². The summed E-state index contributed by atoms with van der Waals surface area (Å²) >= 11 is 0. The Bertz CT molecular complexity index is 382. The van der Waals surface area contributed by atoms with Crippen molar-refractivity contribution in [3.63, 3.8) is 0 Å². The Kier molecular flexibility index (Phi) is 6.22. The molecule has 1 aromatic rings. The standard InChI is InChI=1S/C15H24F2N2/c1-5-7-19(6-2)15-13(16)8-12(9-14(15)17)10-18-11(3)4/h8-9,11,18H,5-7,10H2,1-4H3. The monoisotopic (exact) mass is 270 g/mol. The van der Waals surface area contributed by atoms with Crippen molar-refractivity contribution in [2.75, 3.05) is 18.0 Å². The first-order valence-corrected chi connectivity index (χ1v) is 6.95. The predicted octanol–water partition coefficient (Wildman–Crippen LogP) is 3.70. The third-order valence-electron chi connectivity index (χ3n) is 2.98. The third-order valence-corrected chi connectivity index (χ3v) is 2.98. The van der Waals surface area contributed by atoms with Crippen LogP contribution in [0, 0.1) is 11.6 Å². The Balaban J connectivity index is 2.96. The zero-order valence-electron chi connectivity index (χ0n) is 12.3. The van der Waals surface area contributed by atoms with E-state index >= 15 is 0 Å². The highest BCUT2D eigenvalue weighted by Crippen LogP contribution is 2.25. The predicted molar refractivity (Wildman–Crippen MR) is 76.5 cm³/mol. The number of rotatable bonds is 7. The fraction of sp³-hybridized carbons (Fsp3) is 0.600. The highest BCUT2D eigenvalue weighted by Gasteiger charge is 2.16. The molecule has 0 aliphatic rings. The summed E-state index contributed by atoms with van der Waals surface area (Å²) in [5.74, 6) is -0.952. The van der Waals surface area contributed by atoms with E-state index < -0.39 is 11.6 Å². The minimum atomic E-state index is -0.476. The molecular formula is C15H24F2N2. The van der Waals surface area contributed by atoms with Crippen molar-refractivity contribution in [2.24, 2.45) is 0 Å². The molecule has 0 fully saturated rings. The highest BCUT2D eigenvalue weighted by atomic mass is 19.1. The number of nitrogens with one attached hydrogen (secondary N) is 1. The molecule has 0 aromatic heterocycles. The van der Waals surface area contributed by atoms with Gasteiger partial charge in [-0.3, -0.25) is 0 Å². The molecule has 1 rings (SSSR count). The summed E-state index contributed by atoms with van der Waals surface area (Å²) in [7, 11) is 0. The van der Waals surface area contributed by atoms with Crippen molar-refractivity contribution in [1.29, 1.82) is 0 Å². The topological polar surface area (TPSA) is 15.3 Å². The van der Waals surface area contributed by atoms with Gasteiger partial charge in [0.2, 0.25) is 0 Å². The molecule has 0 atom stereocenters. The molecule has 0 spiro atoms. The lowest BCUT2D eigenvalue weighted by Gasteiger charge is -2.24. The third kappa shape index (κ3) is 4.46. The van der Waals surface area contributed by atoms with Gasteiger partial charge in [0.1, 0.15) is 17.3 Å². The zero-order valence-corrected chi connectivity index (χ0v) is 12.3. The molecule has 0 radical (unpaired) electrons. The quantitative estimate of drug-likeness (QED) is 0.812. The Morgan fingerprint density at radius 2 is 1.74 bits per heavy atom. The number of halogens is 2. The van der Waals surface area contributed by atoms with Gasteiger partial charge in [0.25, 0.3) is 0 Å². The smallest absolute Gasteiger partial charge is 0.149 e. The van der Waals surface area contributed by atoms with E-state index in [4.69, 9.17) is 0 Å². The summed E-state index contributed by atoms with van der Waals surface area (Å²) < 4.78 is 28.2. The van der Waals surface area contributed by atoms with Gasteiger partial charge >= 0.3 is 0 Å². The van der Waals surface area contributed by atoms with Crippen LogP contribution in [0.15, 0.2) is 12.1 Å².